The Hall–Kier alpha value is -3.20. The van der Waals surface area contributed by atoms with Gasteiger partial charge in [0.15, 0.2) is 5.82 Å². The smallest absolute Gasteiger partial charge is 0.400 e. The number of Topliss-reactive ketones (excluding diaryl/α,β-unsaturated/α-hetero) is 1. The molecule has 0 spiro atoms. The molecule has 0 unspecified atom stereocenters. The summed E-state index contributed by atoms with van der Waals surface area (Å²) >= 11 is 6.32. The van der Waals surface area contributed by atoms with Crippen LogP contribution in [0.15, 0.2) is 47.3 Å². The number of carbonyl (C=O) groups is 1. The van der Waals surface area contributed by atoms with Gasteiger partial charge in [-0.1, -0.05) is 29.8 Å². The van der Waals surface area contributed by atoms with E-state index in [0.29, 0.717) is 29.0 Å². The van der Waals surface area contributed by atoms with Gasteiger partial charge in [0.2, 0.25) is 0 Å². The lowest BCUT2D eigenvalue weighted by atomic mass is 9.84. The van der Waals surface area contributed by atoms with Crippen LogP contribution in [-0.2, 0) is 11.2 Å². The molecule has 0 aliphatic heterocycles. The molecule has 34 heavy (non-hydrogen) atoms. The molecular weight excluding hydrogens is 471 g/mol. The first-order valence-electron chi connectivity index (χ1n) is 10.5. The van der Waals surface area contributed by atoms with Gasteiger partial charge in [-0.2, -0.15) is 18.2 Å². The number of nitrogens with one attached hydrogen (secondary N) is 1. The molecule has 1 heterocycles. The highest BCUT2D eigenvalue weighted by Gasteiger charge is 2.51. The van der Waals surface area contributed by atoms with Crippen molar-refractivity contribution in [3.63, 3.8) is 0 Å². The van der Waals surface area contributed by atoms with Crippen LogP contribution < -0.4 is 10.4 Å². The molecule has 0 saturated carbocycles. The zero-order valence-electron chi connectivity index (χ0n) is 18.8. The molecule has 0 bridgehead atoms. The first-order chi connectivity index (χ1) is 15.9. The number of ether oxygens (including phenoxy) is 1. The number of benzene rings is 2. The molecule has 0 atom stereocenters. The summed E-state index contributed by atoms with van der Waals surface area (Å²) in [5, 5.41) is 0.272. The number of nitrogens with zero attached hydrogens (tertiary/aromatic N) is 2. The van der Waals surface area contributed by atoms with Gasteiger partial charge in [0.25, 0.3) is 0 Å². The van der Waals surface area contributed by atoms with Gasteiger partial charge in [0, 0.05) is 17.5 Å². The highest BCUT2D eigenvalue weighted by molar-refractivity contribution is 6.33. The lowest BCUT2D eigenvalue weighted by Gasteiger charge is -2.26. The van der Waals surface area contributed by atoms with E-state index in [1.165, 1.54) is 0 Å². The van der Waals surface area contributed by atoms with E-state index in [0.717, 1.165) is 13.8 Å². The zero-order chi connectivity index (χ0) is 25.1. The van der Waals surface area contributed by atoms with E-state index in [9.17, 15) is 22.8 Å². The van der Waals surface area contributed by atoms with Crippen molar-refractivity contribution in [2.24, 2.45) is 5.41 Å². The van der Waals surface area contributed by atoms with Crippen molar-refractivity contribution in [1.29, 1.82) is 0 Å². The minimum atomic E-state index is -4.63. The van der Waals surface area contributed by atoms with Crippen molar-refractivity contribution in [2.45, 2.75) is 39.8 Å². The maximum atomic E-state index is 13.1. The Labute approximate surface area is 199 Å². The van der Waals surface area contributed by atoms with E-state index < -0.39 is 23.1 Å². The number of aryl methyl sites for hydroxylation is 1. The summed E-state index contributed by atoms with van der Waals surface area (Å²) in [7, 11) is 0. The van der Waals surface area contributed by atoms with Gasteiger partial charge >= 0.3 is 11.9 Å². The summed E-state index contributed by atoms with van der Waals surface area (Å²) in [6, 6.07) is 11.7. The normalized spacial score (nSPS) is 12.0. The Morgan fingerprint density at radius 2 is 1.85 bits per heavy atom. The molecule has 0 fully saturated rings. The average molecular weight is 494 g/mol. The number of rotatable bonds is 8. The molecule has 0 aliphatic rings. The number of halogens is 4. The fourth-order valence-corrected chi connectivity index (χ4v) is 3.38. The summed E-state index contributed by atoms with van der Waals surface area (Å²) in [6.07, 6.45) is -4.87. The van der Waals surface area contributed by atoms with Gasteiger partial charge in [-0.25, -0.2) is 9.78 Å². The van der Waals surface area contributed by atoms with Crippen LogP contribution in [0.4, 0.5) is 13.2 Å². The van der Waals surface area contributed by atoms with Crippen LogP contribution in [-0.4, -0.2) is 33.5 Å². The topological polar surface area (TPSA) is 84.9 Å². The molecule has 0 aliphatic carbocycles. The van der Waals surface area contributed by atoms with Crippen molar-refractivity contribution >= 4 is 17.4 Å². The van der Waals surface area contributed by atoms with E-state index in [1.807, 2.05) is 6.92 Å². The van der Waals surface area contributed by atoms with Crippen LogP contribution in [0.1, 0.15) is 32.8 Å². The van der Waals surface area contributed by atoms with Gasteiger partial charge in [-0.15, -0.1) is 0 Å². The Morgan fingerprint density at radius 1 is 1.12 bits per heavy atom. The molecule has 2 aromatic carbocycles. The standard InChI is InChI=1S/C24H23ClF3N3O3/c1-4-34-16-7-5-6-15(13-16)20-29-21(31-22(33)30-20)17-12-14(8-10-18(17)25)9-11-19(32)23(2,3)24(26,27)28/h5-8,10,12-13H,4,9,11H2,1-3H3,(H,29,30,31,33). The second kappa shape index (κ2) is 9.97. The van der Waals surface area contributed by atoms with Gasteiger partial charge < -0.3 is 4.74 Å². The van der Waals surface area contributed by atoms with Crippen LogP contribution in [0, 0.1) is 5.41 Å². The lowest BCUT2D eigenvalue weighted by molar-refractivity contribution is -0.210. The van der Waals surface area contributed by atoms with Crippen LogP contribution in [0.25, 0.3) is 22.8 Å². The van der Waals surface area contributed by atoms with Crippen LogP contribution in [0.3, 0.4) is 0 Å². The number of hydrogen-bond donors (Lipinski definition) is 1. The summed E-state index contributed by atoms with van der Waals surface area (Å²) < 4.78 is 44.9. The Morgan fingerprint density at radius 3 is 2.53 bits per heavy atom. The number of hydrogen-bond acceptors (Lipinski definition) is 5. The molecule has 3 aromatic rings. The van der Waals surface area contributed by atoms with Crippen LogP contribution >= 0.6 is 11.6 Å². The van der Waals surface area contributed by atoms with Crippen molar-refractivity contribution < 1.29 is 22.7 Å². The molecule has 3 rings (SSSR count). The predicted molar refractivity (Wildman–Crippen MR) is 123 cm³/mol. The third-order valence-corrected chi connectivity index (χ3v) is 5.72. The fraction of sp³-hybridized carbons (Fsp3) is 0.333. The van der Waals surface area contributed by atoms with Crippen LogP contribution in [0.2, 0.25) is 5.02 Å². The van der Waals surface area contributed by atoms with Crippen molar-refractivity contribution in [1.82, 2.24) is 15.0 Å². The number of alkyl halides is 3. The first kappa shape index (κ1) is 25.4. The number of aromatic nitrogens is 3. The minimum Gasteiger partial charge on any atom is -0.494 e. The lowest BCUT2D eigenvalue weighted by Crippen LogP contribution is -2.39. The van der Waals surface area contributed by atoms with Crippen molar-refractivity contribution in [2.75, 3.05) is 6.61 Å². The number of aromatic amines is 1. The van der Waals surface area contributed by atoms with E-state index >= 15 is 0 Å². The highest BCUT2D eigenvalue weighted by Crippen LogP contribution is 2.39. The summed E-state index contributed by atoms with van der Waals surface area (Å²) in [5.74, 6) is -0.0187. The largest absolute Gasteiger partial charge is 0.494 e. The van der Waals surface area contributed by atoms with Crippen LogP contribution in [0.5, 0.6) is 5.75 Å². The third-order valence-electron chi connectivity index (χ3n) is 5.39. The number of carbonyl (C=O) groups excluding carboxylic acids is 1. The zero-order valence-corrected chi connectivity index (χ0v) is 19.5. The average Bonchev–Trinajstić information content (AvgIpc) is 2.77. The maximum Gasteiger partial charge on any atom is 0.400 e. The first-order valence-corrected chi connectivity index (χ1v) is 10.9. The maximum absolute atomic E-state index is 13.1. The van der Waals surface area contributed by atoms with E-state index in [2.05, 4.69) is 15.0 Å². The van der Waals surface area contributed by atoms with Crippen molar-refractivity contribution in [3.05, 3.63) is 63.5 Å². The molecule has 180 valence electrons. The fourth-order valence-electron chi connectivity index (χ4n) is 3.17. The molecule has 1 aromatic heterocycles. The monoisotopic (exact) mass is 493 g/mol. The number of ketones is 1. The predicted octanol–water partition coefficient (Wildman–Crippen LogP) is 5.64. The summed E-state index contributed by atoms with van der Waals surface area (Å²) in [5.41, 5.74) is -1.59. The molecule has 6 nitrogen and oxygen atoms in total. The molecule has 1 N–H and O–H groups in total. The second-order valence-electron chi connectivity index (χ2n) is 8.15. The Bertz CT molecular complexity index is 1260. The highest BCUT2D eigenvalue weighted by atomic mass is 35.5. The van der Waals surface area contributed by atoms with E-state index in [4.69, 9.17) is 16.3 Å². The van der Waals surface area contributed by atoms with Gasteiger partial charge in [0.05, 0.1) is 11.6 Å². The molecule has 0 saturated heterocycles. The second-order valence-corrected chi connectivity index (χ2v) is 8.55. The minimum absolute atomic E-state index is 0.0705. The Balaban J connectivity index is 1.91. The molecule has 0 amide bonds. The number of H-pyrrole nitrogens is 1. The molecule has 0 radical (unpaired) electrons. The van der Waals surface area contributed by atoms with Gasteiger partial charge in [0.1, 0.15) is 22.8 Å². The van der Waals surface area contributed by atoms with Gasteiger partial charge in [-0.05, 0) is 57.0 Å². The Kier molecular flexibility index (Phi) is 7.45. The SMILES string of the molecule is CCOc1cccc(-c2nc(-c3cc(CCC(=O)C(C)(C)C(F)(F)F)ccc3Cl)[nH]c(=O)n2)c1. The third kappa shape index (κ3) is 5.64. The summed E-state index contributed by atoms with van der Waals surface area (Å²) in [4.78, 5) is 35.3. The van der Waals surface area contributed by atoms with E-state index in [-0.39, 0.29) is 29.5 Å². The molecular formula is C24H23ClF3N3O3. The van der Waals surface area contributed by atoms with Gasteiger partial charge in [-0.3, -0.25) is 9.78 Å². The summed E-state index contributed by atoms with van der Waals surface area (Å²) in [6.45, 7) is 4.06. The molecule has 10 heteroatoms. The van der Waals surface area contributed by atoms with E-state index in [1.54, 1.807) is 42.5 Å². The van der Waals surface area contributed by atoms with Crippen molar-refractivity contribution in [3.8, 4) is 28.5 Å². The quantitative estimate of drug-likeness (QED) is 0.439.